The fourth-order valence-electron chi connectivity index (χ4n) is 1.50. The van der Waals surface area contributed by atoms with Crippen molar-refractivity contribution >= 4 is 22.8 Å². The number of carbonyl (C=O) groups excluding carboxylic acids is 2. The van der Waals surface area contributed by atoms with Gasteiger partial charge in [0.25, 0.3) is 0 Å². The van der Waals surface area contributed by atoms with E-state index >= 15 is 0 Å². The van der Waals surface area contributed by atoms with Crippen LogP contribution < -0.4 is 5.32 Å². The number of nitrogens with zero attached hydrogens (tertiary/aromatic N) is 3. The quantitative estimate of drug-likeness (QED) is 0.648. The minimum atomic E-state index is -0.0930. The fraction of sp³-hybridized carbons (Fsp3) is 0.692. The minimum absolute atomic E-state index is 0.0241. The van der Waals surface area contributed by atoms with E-state index in [1.54, 1.807) is 10.9 Å². The summed E-state index contributed by atoms with van der Waals surface area (Å²) in [5.74, 6) is 0.410. The number of aromatic nitrogens is 3. The number of rotatable bonds is 10. The summed E-state index contributed by atoms with van der Waals surface area (Å²) < 4.78 is 7.07. The third kappa shape index (κ3) is 8.46. The largest absolute Gasteiger partial charge is 0.380 e. The van der Waals surface area contributed by atoms with E-state index in [9.17, 15) is 9.59 Å². The minimum Gasteiger partial charge on any atom is -0.380 e. The summed E-state index contributed by atoms with van der Waals surface area (Å²) in [5, 5.41) is 10.7. The zero-order valence-electron chi connectivity index (χ0n) is 12.5. The molecule has 7 nitrogen and oxygen atoms in total. The Kier molecular flexibility index (Phi) is 8.68. The molecular formula is C13H22N4O3S. The zero-order valence-corrected chi connectivity index (χ0v) is 13.3. The molecule has 1 amide bonds. The van der Waals surface area contributed by atoms with E-state index in [-0.39, 0.29) is 11.0 Å². The smallest absolute Gasteiger partial charge is 0.221 e. The monoisotopic (exact) mass is 314 g/mol. The van der Waals surface area contributed by atoms with Crippen molar-refractivity contribution in [2.24, 2.45) is 0 Å². The van der Waals surface area contributed by atoms with Crippen molar-refractivity contribution in [1.82, 2.24) is 20.3 Å². The van der Waals surface area contributed by atoms with E-state index in [4.69, 9.17) is 4.74 Å². The molecule has 0 aliphatic heterocycles. The summed E-state index contributed by atoms with van der Waals surface area (Å²) in [7, 11) is 0. The molecular weight excluding hydrogens is 292 g/mol. The third-order valence-electron chi connectivity index (χ3n) is 2.50. The zero-order chi connectivity index (χ0) is 15.5. The van der Waals surface area contributed by atoms with E-state index < -0.39 is 0 Å². The van der Waals surface area contributed by atoms with Crippen LogP contribution >= 0.6 is 11.8 Å². The molecule has 0 saturated heterocycles. The topological polar surface area (TPSA) is 86.1 Å². The molecule has 8 heteroatoms. The molecule has 0 radical (unpaired) electrons. The molecule has 0 fully saturated rings. The molecule has 21 heavy (non-hydrogen) atoms. The van der Waals surface area contributed by atoms with E-state index in [2.05, 4.69) is 22.6 Å². The van der Waals surface area contributed by atoms with Gasteiger partial charge >= 0.3 is 0 Å². The average Bonchev–Trinajstić information content (AvgIpc) is 2.89. The normalized spacial score (nSPS) is 10.6. The first-order valence-electron chi connectivity index (χ1n) is 6.98. The molecule has 0 bridgehead atoms. The Hall–Kier alpha value is -1.41. The van der Waals surface area contributed by atoms with E-state index in [0.717, 1.165) is 24.8 Å². The van der Waals surface area contributed by atoms with Gasteiger partial charge in [-0.2, -0.15) is 0 Å². The molecule has 1 N–H and O–H groups in total. The summed E-state index contributed by atoms with van der Waals surface area (Å²) in [6, 6.07) is 0. The van der Waals surface area contributed by atoms with Crippen LogP contribution in [-0.2, 0) is 27.4 Å². The molecule has 1 aromatic heterocycles. The van der Waals surface area contributed by atoms with Crippen molar-refractivity contribution in [2.45, 2.75) is 39.8 Å². The van der Waals surface area contributed by atoms with Gasteiger partial charge in [-0.25, -0.2) is 4.68 Å². The lowest BCUT2D eigenvalue weighted by molar-refractivity contribution is -0.120. The first-order valence-corrected chi connectivity index (χ1v) is 7.97. The van der Waals surface area contributed by atoms with Crippen molar-refractivity contribution in [1.29, 1.82) is 0 Å². The fourth-order valence-corrected chi connectivity index (χ4v) is 2.07. The van der Waals surface area contributed by atoms with Crippen molar-refractivity contribution in [3.8, 4) is 0 Å². The summed E-state index contributed by atoms with van der Waals surface area (Å²) >= 11 is 1.15. The van der Waals surface area contributed by atoms with Crippen molar-refractivity contribution < 1.29 is 14.3 Å². The highest BCUT2D eigenvalue weighted by molar-refractivity contribution is 8.13. The molecule has 0 aromatic carbocycles. The lowest BCUT2D eigenvalue weighted by Crippen LogP contribution is -2.23. The van der Waals surface area contributed by atoms with Crippen LogP contribution in [0.25, 0.3) is 0 Å². The molecule has 1 heterocycles. The van der Waals surface area contributed by atoms with Crippen molar-refractivity contribution in [3.05, 3.63) is 11.9 Å². The Morgan fingerprint density at radius 2 is 2.24 bits per heavy atom. The van der Waals surface area contributed by atoms with Crippen LogP contribution in [0.15, 0.2) is 6.20 Å². The second-order valence-electron chi connectivity index (χ2n) is 4.45. The maximum Gasteiger partial charge on any atom is 0.221 e. The van der Waals surface area contributed by atoms with Gasteiger partial charge in [0.2, 0.25) is 5.91 Å². The Balaban J connectivity index is 2.18. The number of amides is 1. The van der Waals surface area contributed by atoms with Crippen LogP contribution in [0.4, 0.5) is 0 Å². The van der Waals surface area contributed by atoms with Gasteiger partial charge in [0.15, 0.2) is 5.12 Å². The summed E-state index contributed by atoms with van der Waals surface area (Å²) in [6.07, 6.45) is 3.11. The molecule has 0 aliphatic carbocycles. The van der Waals surface area contributed by atoms with Crippen molar-refractivity contribution in [3.63, 3.8) is 0 Å². The van der Waals surface area contributed by atoms with E-state index in [0.29, 0.717) is 37.6 Å². The highest BCUT2D eigenvalue weighted by Crippen LogP contribution is 2.03. The molecule has 0 atom stereocenters. The highest BCUT2D eigenvalue weighted by atomic mass is 32.2. The number of carbonyl (C=O) groups is 2. The number of hydrogen-bond acceptors (Lipinski definition) is 6. The van der Waals surface area contributed by atoms with Gasteiger partial charge in [-0.1, -0.05) is 23.9 Å². The van der Waals surface area contributed by atoms with Crippen LogP contribution in [0, 0.1) is 0 Å². The predicted octanol–water partition coefficient (Wildman–Crippen LogP) is 0.991. The van der Waals surface area contributed by atoms with E-state index in [1.807, 2.05) is 0 Å². The molecule has 0 saturated carbocycles. The van der Waals surface area contributed by atoms with Crippen molar-refractivity contribution in [2.75, 3.05) is 19.0 Å². The number of ether oxygens (including phenoxy) is 1. The SMILES string of the molecule is CCCOCCn1cc(CNC(=O)CCSC(C)=O)nn1. The van der Waals surface area contributed by atoms with Gasteiger partial charge in [0, 0.05) is 25.7 Å². The van der Waals surface area contributed by atoms with Gasteiger partial charge in [0.05, 0.1) is 25.9 Å². The molecule has 1 aromatic rings. The van der Waals surface area contributed by atoms with Gasteiger partial charge in [-0.3, -0.25) is 9.59 Å². The number of nitrogens with one attached hydrogen (secondary N) is 1. The Morgan fingerprint density at radius 1 is 1.43 bits per heavy atom. The maximum absolute atomic E-state index is 11.5. The summed E-state index contributed by atoms with van der Waals surface area (Å²) in [6.45, 7) is 5.90. The summed E-state index contributed by atoms with van der Waals surface area (Å²) in [5.41, 5.74) is 0.707. The third-order valence-corrected chi connectivity index (χ3v) is 3.32. The Labute approximate surface area is 128 Å². The molecule has 0 aliphatic rings. The standard InChI is InChI=1S/C13H22N4O3S/c1-3-6-20-7-5-17-10-12(15-16-17)9-14-13(19)4-8-21-11(2)18/h10H,3-9H2,1-2H3,(H,14,19). The lowest BCUT2D eigenvalue weighted by Gasteiger charge is -2.02. The first-order chi connectivity index (χ1) is 10.1. The van der Waals surface area contributed by atoms with Crippen LogP contribution in [0.3, 0.4) is 0 Å². The number of thioether (sulfide) groups is 1. The average molecular weight is 314 g/mol. The molecule has 0 spiro atoms. The van der Waals surface area contributed by atoms with Crippen LogP contribution in [0.1, 0.15) is 32.4 Å². The first kappa shape index (κ1) is 17.6. The van der Waals surface area contributed by atoms with Gasteiger partial charge in [-0.15, -0.1) is 5.10 Å². The molecule has 1 rings (SSSR count). The van der Waals surface area contributed by atoms with Crippen LogP contribution in [-0.4, -0.2) is 45.0 Å². The second kappa shape index (κ2) is 10.3. The Bertz CT molecular complexity index is 450. The Morgan fingerprint density at radius 3 is 2.95 bits per heavy atom. The number of hydrogen-bond donors (Lipinski definition) is 1. The van der Waals surface area contributed by atoms with Gasteiger partial charge in [-0.05, 0) is 6.42 Å². The van der Waals surface area contributed by atoms with Crippen LogP contribution in [0.2, 0.25) is 0 Å². The molecule has 0 unspecified atom stereocenters. The van der Waals surface area contributed by atoms with Gasteiger partial charge in [0.1, 0.15) is 5.69 Å². The van der Waals surface area contributed by atoms with E-state index in [1.165, 1.54) is 6.92 Å². The highest BCUT2D eigenvalue weighted by Gasteiger charge is 2.05. The second-order valence-corrected chi connectivity index (χ2v) is 5.72. The summed E-state index contributed by atoms with van der Waals surface area (Å²) in [4.78, 5) is 22.3. The van der Waals surface area contributed by atoms with Gasteiger partial charge < -0.3 is 10.1 Å². The molecule has 118 valence electrons. The lowest BCUT2D eigenvalue weighted by atomic mass is 10.4. The van der Waals surface area contributed by atoms with Crippen LogP contribution in [0.5, 0.6) is 0 Å². The predicted molar refractivity (Wildman–Crippen MR) is 80.7 cm³/mol. The maximum atomic E-state index is 11.5.